The summed E-state index contributed by atoms with van der Waals surface area (Å²) in [5.41, 5.74) is 5.22. The molecule has 108 valence electrons. The maximum Gasteiger partial charge on any atom is 0.119 e. The molecular weight excluding hydrogens is 260 g/mol. The normalized spacial score (nSPS) is 13.3. The van der Waals surface area contributed by atoms with Crippen LogP contribution in [-0.2, 0) is 6.42 Å². The van der Waals surface area contributed by atoms with Gasteiger partial charge in [0.1, 0.15) is 11.5 Å². The molecule has 0 N–H and O–H groups in total. The predicted octanol–water partition coefficient (Wildman–Crippen LogP) is 4.47. The van der Waals surface area contributed by atoms with E-state index in [9.17, 15) is 0 Å². The van der Waals surface area contributed by atoms with E-state index in [0.29, 0.717) is 6.61 Å². The second-order valence-corrected chi connectivity index (χ2v) is 5.14. The highest BCUT2D eigenvalue weighted by atomic mass is 16.5. The van der Waals surface area contributed by atoms with Gasteiger partial charge >= 0.3 is 0 Å². The van der Waals surface area contributed by atoms with E-state index in [4.69, 9.17) is 9.47 Å². The fraction of sp³-hybridized carbons (Fsp3) is 0.263. The van der Waals surface area contributed by atoms with Gasteiger partial charge < -0.3 is 9.47 Å². The number of fused-ring (bicyclic) bond motifs is 1. The summed E-state index contributed by atoms with van der Waals surface area (Å²) in [7, 11) is 1.72. The van der Waals surface area contributed by atoms with Crippen molar-refractivity contribution < 1.29 is 9.47 Å². The van der Waals surface area contributed by atoms with Crippen LogP contribution in [0.3, 0.4) is 0 Å². The summed E-state index contributed by atoms with van der Waals surface area (Å²) in [5, 5.41) is 0. The Bertz CT molecular complexity index is 654. The van der Waals surface area contributed by atoms with Crippen molar-refractivity contribution in [3.05, 3.63) is 65.2 Å². The van der Waals surface area contributed by atoms with Gasteiger partial charge in [0.25, 0.3) is 0 Å². The second kappa shape index (κ2) is 6.04. The summed E-state index contributed by atoms with van der Waals surface area (Å²) < 4.78 is 10.8. The number of aryl methyl sites for hydroxylation is 1. The Hall–Kier alpha value is -2.22. The third kappa shape index (κ3) is 2.80. The molecule has 1 aliphatic rings. The number of ether oxygens (including phenoxy) is 2. The van der Waals surface area contributed by atoms with Crippen LogP contribution in [0.2, 0.25) is 0 Å². The highest BCUT2D eigenvalue weighted by Crippen LogP contribution is 2.34. The Morgan fingerprint density at radius 3 is 2.48 bits per heavy atom. The molecule has 21 heavy (non-hydrogen) atoms. The van der Waals surface area contributed by atoms with Crippen LogP contribution < -0.4 is 9.47 Å². The highest BCUT2D eigenvalue weighted by Gasteiger charge is 2.14. The van der Waals surface area contributed by atoms with E-state index in [-0.39, 0.29) is 0 Å². The van der Waals surface area contributed by atoms with Crippen LogP contribution in [0.15, 0.2) is 48.5 Å². The van der Waals surface area contributed by atoms with Crippen LogP contribution >= 0.6 is 0 Å². The van der Waals surface area contributed by atoms with Gasteiger partial charge in [0.2, 0.25) is 0 Å². The van der Waals surface area contributed by atoms with Crippen LogP contribution in [0.25, 0.3) is 5.57 Å². The van der Waals surface area contributed by atoms with Crippen LogP contribution in [0.4, 0.5) is 0 Å². The number of hydrogen-bond acceptors (Lipinski definition) is 2. The second-order valence-electron chi connectivity index (χ2n) is 5.14. The maximum atomic E-state index is 5.51. The molecule has 0 aliphatic heterocycles. The molecule has 0 heterocycles. The maximum absolute atomic E-state index is 5.51. The van der Waals surface area contributed by atoms with Gasteiger partial charge in [-0.05, 0) is 66.3 Å². The van der Waals surface area contributed by atoms with Gasteiger partial charge in [-0.2, -0.15) is 0 Å². The quantitative estimate of drug-likeness (QED) is 0.822. The zero-order chi connectivity index (χ0) is 14.7. The Labute approximate surface area is 126 Å². The third-order valence-electron chi connectivity index (χ3n) is 3.84. The Morgan fingerprint density at radius 2 is 1.76 bits per heavy atom. The fourth-order valence-corrected chi connectivity index (χ4v) is 2.82. The van der Waals surface area contributed by atoms with Gasteiger partial charge in [0.15, 0.2) is 0 Å². The Balaban J connectivity index is 1.95. The first-order valence-electron chi connectivity index (χ1n) is 7.42. The van der Waals surface area contributed by atoms with Gasteiger partial charge in [-0.3, -0.25) is 0 Å². The van der Waals surface area contributed by atoms with Crippen LogP contribution in [0, 0.1) is 0 Å². The zero-order valence-electron chi connectivity index (χ0n) is 12.6. The molecule has 0 atom stereocenters. The summed E-state index contributed by atoms with van der Waals surface area (Å²) in [6.07, 6.45) is 4.47. The van der Waals surface area contributed by atoms with E-state index in [2.05, 4.69) is 30.3 Å². The standard InChI is InChI=1S/C19H20O2/c1-3-21-16-9-7-14(8-10-16)18-6-4-5-15-13-17(20-2)11-12-19(15)18/h6-13H,3-5H2,1-2H3. The highest BCUT2D eigenvalue weighted by molar-refractivity contribution is 5.83. The predicted molar refractivity (Wildman–Crippen MR) is 86.0 cm³/mol. The molecule has 0 bridgehead atoms. The van der Waals surface area contributed by atoms with Gasteiger partial charge in [-0.1, -0.05) is 24.3 Å². The smallest absolute Gasteiger partial charge is 0.119 e. The van der Waals surface area contributed by atoms with Crippen molar-refractivity contribution in [2.75, 3.05) is 13.7 Å². The summed E-state index contributed by atoms with van der Waals surface area (Å²) >= 11 is 0. The van der Waals surface area contributed by atoms with Gasteiger partial charge in [-0.15, -0.1) is 0 Å². The first kappa shape index (κ1) is 13.7. The molecule has 2 nitrogen and oxygen atoms in total. The lowest BCUT2D eigenvalue weighted by Crippen LogP contribution is -2.01. The molecular formula is C19H20O2. The molecule has 3 rings (SSSR count). The minimum absolute atomic E-state index is 0.699. The molecule has 0 saturated heterocycles. The van der Waals surface area contributed by atoms with Crippen molar-refractivity contribution in [2.45, 2.75) is 19.8 Å². The van der Waals surface area contributed by atoms with E-state index in [1.54, 1.807) is 7.11 Å². The molecule has 0 fully saturated rings. The lowest BCUT2D eigenvalue weighted by molar-refractivity contribution is 0.340. The number of methoxy groups -OCH3 is 1. The topological polar surface area (TPSA) is 18.5 Å². The lowest BCUT2D eigenvalue weighted by atomic mass is 9.87. The third-order valence-corrected chi connectivity index (χ3v) is 3.84. The molecule has 2 aromatic carbocycles. The number of benzene rings is 2. The molecule has 1 aliphatic carbocycles. The molecule has 2 heteroatoms. The first-order valence-corrected chi connectivity index (χ1v) is 7.42. The van der Waals surface area contributed by atoms with E-state index < -0.39 is 0 Å². The summed E-state index contributed by atoms with van der Waals surface area (Å²) in [5.74, 6) is 1.86. The van der Waals surface area contributed by atoms with Gasteiger partial charge in [-0.25, -0.2) is 0 Å². The van der Waals surface area contributed by atoms with E-state index in [0.717, 1.165) is 24.3 Å². The van der Waals surface area contributed by atoms with E-state index in [1.807, 2.05) is 25.1 Å². The molecule has 0 radical (unpaired) electrons. The number of allylic oxidation sites excluding steroid dienone is 1. The van der Waals surface area contributed by atoms with E-state index >= 15 is 0 Å². The minimum atomic E-state index is 0.699. The summed E-state index contributed by atoms with van der Waals surface area (Å²) in [6, 6.07) is 14.7. The average molecular weight is 280 g/mol. The SMILES string of the molecule is CCOc1ccc(C2=CCCc3cc(OC)ccc32)cc1. The van der Waals surface area contributed by atoms with Crippen LogP contribution in [-0.4, -0.2) is 13.7 Å². The van der Waals surface area contributed by atoms with Crippen molar-refractivity contribution in [1.82, 2.24) is 0 Å². The summed E-state index contributed by atoms with van der Waals surface area (Å²) in [6.45, 7) is 2.70. The van der Waals surface area contributed by atoms with E-state index in [1.165, 1.54) is 22.3 Å². The first-order chi connectivity index (χ1) is 10.3. The number of rotatable bonds is 4. The van der Waals surface area contributed by atoms with Gasteiger partial charge in [0.05, 0.1) is 13.7 Å². The van der Waals surface area contributed by atoms with Gasteiger partial charge in [0, 0.05) is 0 Å². The molecule has 0 unspecified atom stereocenters. The van der Waals surface area contributed by atoms with Crippen molar-refractivity contribution in [1.29, 1.82) is 0 Å². The minimum Gasteiger partial charge on any atom is -0.497 e. The molecule has 2 aromatic rings. The average Bonchev–Trinajstić information content (AvgIpc) is 2.55. The monoisotopic (exact) mass is 280 g/mol. The number of hydrogen-bond donors (Lipinski definition) is 0. The summed E-state index contributed by atoms with van der Waals surface area (Å²) in [4.78, 5) is 0. The van der Waals surface area contributed by atoms with Crippen LogP contribution in [0.5, 0.6) is 11.5 Å². The zero-order valence-corrected chi connectivity index (χ0v) is 12.6. The Kier molecular flexibility index (Phi) is 3.96. The Morgan fingerprint density at radius 1 is 1.00 bits per heavy atom. The van der Waals surface area contributed by atoms with Crippen molar-refractivity contribution in [2.24, 2.45) is 0 Å². The molecule has 0 amide bonds. The van der Waals surface area contributed by atoms with Crippen LogP contribution in [0.1, 0.15) is 30.0 Å². The fourth-order valence-electron chi connectivity index (χ4n) is 2.82. The molecule has 0 aromatic heterocycles. The molecule has 0 spiro atoms. The molecule has 0 saturated carbocycles. The lowest BCUT2D eigenvalue weighted by Gasteiger charge is -2.19. The van der Waals surface area contributed by atoms with Crippen molar-refractivity contribution in [3.63, 3.8) is 0 Å². The largest absolute Gasteiger partial charge is 0.497 e. The van der Waals surface area contributed by atoms with Crippen molar-refractivity contribution >= 4 is 5.57 Å². The van der Waals surface area contributed by atoms with Crippen molar-refractivity contribution in [3.8, 4) is 11.5 Å².